The molecule has 0 bridgehead atoms. The lowest BCUT2D eigenvalue weighted by Crippen LogP contribution is -1.93. The highest BCUT2D eigenvalue weighted by Crippen LogP contribution is 2.00. The molecule has 3 nitrogen and oxygen atoms in total. The number of rotatable bonds is 2. The molecule has 0 aliphatic rings. The number of carbonyl (C=O) groups is 1. The predicted octanol–water partition coefficient (Wildman–Crippen LogP) is 1.72. The van der Waals surface area contributed by atoms with Gasteiger partial charge in [0, 0.05) is 6.08 Å². The summed E-state index contributed by atoms with van der Waals surface area (Å²) in [6.07, 6.45) is 2.70. The van der Waals surface area contributed by atoms with Crippen molar-refractivity contribution in [2.45, 2.75) is 0 Å². The Bertz CT molecular complexity index is 277. The quantitative estimate of drug-likeness (QED) is 0.411. The van der Waals surface area contributed by atoms with Gasteiger partial charge in [0.05, 0.1) is 0 Å². The van der Waals surface area contributed by atoms with Crippen LogP contribution in [0.5, 0.6) is 0 Å². The van der Waals surface area contributed by atoms with Crippen molar-refractivity contribution in [3.8, 4) is 0 Å². The first-order chi connectivity index (χ1) is 5.83. The van der Waals surface area contributed by atoms with Crippen molar-refractivity contribution < 1.29 is 14.9 Å². The van der Waals surface area contributed by atoms with Crippen molar-refractivity contribution in [2.24, 2.45) is 0 Å². The normalized spacial score (nSPS) is 10.1. The molecule has 0 saturated carbocycles. The molecule has 1 N–H and O–H groups in total. The van der Waals surface area contributed by atoms with E-state index in [4.69, 9.17) is 5.26 Å². The summed E-state index contributed by atoms with van der Waals surface area (Å²) in [5.74, 6) is -0.779. The summed E-state index contributed by atoms with van der Waals surface area (Å²) in [4.78, 5) is 13.9. The minimum Gasteiger partial charge on any atom is -0.296 e. The van der Waals surface area contributed by atoms with E-state index in [0.29, 0.717) is 0 Å². The van der Waals surface area contributed by atoms with Crippen molar-refractivity contribution >= 4 is 12.0 Å². The Labute approximate surface area is 69.8 Å². The summed E-state index contributed by atoms with van der Waals surface area (Å²) in [6.45, 7) is 0. The van der Waals surface area contributed by atoms with Gasteiger partial charge in [0.1, 0.15) is 0 Å². The summed E-state index contributed by atoms with van der Waals surface area (Å²) in [6, 6.07) is 9.25. The Morgan fingerprint density at radius 2 is 2.00 bits per heavy atom. The lowest BCUT2D eigenvalue weighted by molar-refractivity contribution is -0.227. The van der Waals surface area contributed by atoms with Crippen LogP contribution in [0.2, 0.25) is 0 Å². The zero-order valence-corrected chi connectivity index (χ0v) is 6.31. The van der Waals surface area contributed by atoms with Gasteiger partial charge in [-0.25, -0.2) is 4.79 Å². The van der Waals surface area contributed by atoms with E-state index in [1.807, 2.05) is 30.3 Å². The zero-order chi connectivity index (χ0) is 8.81. The van der Waals surface area contributed by atoms with Crippen molar-refractivity contribution in [1.82, 2.24) is 0 Å². The second-order valence-electron chi connectivity index (χ2n) is 2.15. The van der Waals surface area contributed by atoms with Crippen LogP contribution in [0.3, 0.4) is 0 Å². The highest BCUT2D eigenvalue weighted by molar-refractivity contribution is 5.86. The maximum Gasteiger partial charge on any atom is 0.365 e. The van der Waals surface area contributed by atoms with Crippen molar-refractivity contribution in [3.63, 3.8) is 0 Å². The molecular weight excluding hydrogens is 156 g/mol. The van der Waals surface area contributed by atoms with Crippen LogP contribution < -0.4 is 0 Å². The van der Waals surface area contributed by atoms with E-state index < -0.39 is 5.97 Å². The maximum absolute atomic E-state index is 10.4. The Morgan fingerprint density at radius 3 is 2.58 bits per heavy atom. The van der Waals surface area contributed by atoms with Gasteiger partial charge in [-0.15, -0.1) is 0 Å². The lowest BCUT2D eigenvalue weighted by atomic mass is 10.2. The number of hydrogen-bond acceptors (Lipinski definition) is 3. The second kappa shape index (κ2) is 4.31. The standard InChI is InChI=1S/C9H8O3/c10-9(12-11)7-6-8-4-2-1-3-5-8/h1-7,11H/b7-6-. The van der Waals surface area contributed by atoms with E-state index in [0.717, 1.165) is 11.6 Å². The summed E-state index contributed by atoms with van der Waals surface area (Å²) < 4.78 is 0. The lowest BCUT2D eigenvalue weighted by Gasteiger charge is -1.89. The molecule has 0 atom stereocenters. The van der Waals surface area contributed by atoms with Gasteiger partial charge < -0.3 is 0 Å². The fraction of sp³-hybridized carbons (Fsp3) is 0. The first-order valence-corrected chi connectivity index (χ1v) is 3.41. The third-order valence-electron chi connectivity index (χ3n) is 1.30. The van der Waals surface area contributed by atoms with Crippen LogP contribution in [-0.4, -0.2) is 11.2 Å². The zero-order valence-electron chi connectivity index (χ0n) is 6.31. The van der Waals surface area contributed by atoms with Gasteiger partial charge in [-0.3, -0.25) is 4.89 Å². The average molecular weight is 164 g/mol. The third-order valence-corrected chi connectivity index (χ3v) is 1.30. The minimum absolute atomic E-state index is 0.779. The molecule has 0 aliphatic carbocycles. The molecule has 0 heterocycles. The van der Waals surface area contributed by atoms with Crippen LogP contribution in [0, 0.1) is 0 Å². The first-order valence-electron chi connectivity index (χ1n) is 3.41. The monoisotopic (exact) mass is 164 g/mol. The molecule has 0 saturated heterocycles. The molecule has 0 radical (unpaired) electrons. The topological polar surface area (TPSA) is 46.5 Å². The van der Waals surface area contributed by atoms with Crippen LogP contribution in [-0.2, 0) is 9.68 Å². The fourth-order valence-corrected chi connectivity index (χ4v) is 0.759. The number of carbonyl (C=O) groups excluding carboxylic acids is 1. The largest absolute Gasteiger partial charge is 0.365 e. The van der Waals surface area contributed by atoms with Gasteiger partial charge >= 0.3 is 5.97 Å². The predicted molar refractivity (Wildman–Crippen MR) is 44.2 cm³/mol. The van der Waals surface area contributed by atoms with Gasteiger partial charge in [0.2, 0.25) is 0 Å². The molecule has 0 spiro atoms. The van der Waals surface area contributed by atoms with Crippen LogP contribution >= 0.6 is 0 Å². The molecule has 1 rings (SSSR count). The summed E-state index contributed by atoms with van der Waals surface area (Å²) in [5.41, 5.74) is 0.878. The molecule has 0 aromatic heterocycles. The van der Waals surface area contributed by atoms with Crippen LogP contribution in [0.4, 0.5) is 0 Å². The summed E-state index contributed by atoms with van der Waals surface area (Å²) >= 11 is 0. The van der Waals surface area contributed by atoms with E-state index in [2.05, 4.69) is 4.89 Å². The second-order valence-corrected chi connectivity index (χ2v) is 2.15. The van der Waals surface area contributed by atoms with Crippen molar-refractivity contribution in [2.75, 3.05) is 0 Å². The average Bonchev–Trinajstić information content (AvgIpc) is 2.16. The molecule has 0 unspecified atom stereocenters. The van der Waals surface area contributed by atoms with E-state index in [9.17, 15) is 4.79 Å². The Hall–Kier alpha value is -1.61. The van der Waals surface area contributed by atoms with Gasteiger partial charge in [-0.2, -0.15) is 5.26 Å². The third kappa shape index (κ3) is 2.56. The molecule has 1 aromatic carbocycles. The van der Waals surface area contributed by atoms with Crippen molar-refractivity contribution in [3.05, 3.63) is 42.0 Å². The Balaban J connectivity index is 2.64. The van der Waals surface area contributed by atoms with E-state index >= 15 is 0 Å². The molecule has 1 aromatic rings. The van der Waals surface area contributed by atoms with Crippen molar-refractivity contribution in [1.29, 1.82) is 0 Å². The maximum atomic E-state index is 10.4. The Morgan fingerprint density at radius 1 is 1.33 bits per heavy atom. The molecule has 62 valence electrons. The van der Waals surface area contributed by atoms with Gasteiger partial charge in [0.15, 0.2) is 0 Å². The first kappa shape index (κ1) is 8.49. The van der Waals surface area contributed by atoms with E-state index in [-0.39, 0.29) is 0 Å². The van der Waals surface area contributed by atoms with E-state index in [1.54, 1.807) is 6.08 Å². The molecule has 0 fully saturated rings. The van der Waals surface area contributed by atoms with Gasteiger partial charge in [-0.1, -0.05) is 30.3 Å². The minimum atomic E-state index is -0.779. The SMILES string of the molecule is O=C(/C=C\c1ccccc1)OO. The molecule has 3 heteroatoms. The number of benzene rings is 1. The Kier molecular flexibility index (Phi) is 3.04. The van der Waals surface area contributed by atoms with Gasteiger partial charge in [0.25, 0.3) is 0 Å². The molecule has 0 aliphatic heterocycles. The highest BCUT2D eigenvalue weighted by atomic mass is 17.1. The van der Waals surface area contributed by atoms with E-state index in [1.165, 1.54) is 0 Å². The fourth-order valence-electron chi connectivity index (χ4n) is 0.759. The summed E-state index contributed by atoms with van der Waals surface area (Å²) in [5, 5.41) is 7.91. The summed E-state index contributed by atoms with van der Waals surface area (Å²) in [7, 11) is 0. The molecule has 0 amide bonds. The van der Waals surface area contributed by atoms with Crippen LogP contribution in [0.25, 0.3) is 6.08 Å². The smallest absolute Gasteiger partial charge is 0.296 e. The number of hydrogen-bond donors (Lipinski definition) is 1. The molecule has 12 heavy (non-hydrogen) atoms. The highest BCUT2D eigenvalue weighted by Gasteiger charge is 1.91. The molecular formula is C9H8O3. The van der Waals surface area contributed by atoms with Crippen LogP contribution in [0.15, 0.2) is 36.4 Å². The van der Waals surface area contributed by atoms with Crippen LogP contribution in [0.1, 0.15) is 5.56 Å². The van der Waals surface area contributed by atoms with Gasteiger partial charge in [-0.05, 0) is 11.6 Å².